The van der Waals surface area contributed by atoms with Crippen molar-refractivity contribution in [1.82, 2.24) is 9.55 Å². The summed E-state index contributed by atoms with van der Waals surface area (Å²) in [6, 6.07) is 0. The fraction of sp³-hybridized carbons (Fsp3) is 0.786. The van der Waals surface area contributed by atoms with Crippen LogP contribution >= 0.6 is 0 Å². The van der Waals surface area contributed by atoms with Gasteiger partial charge < -0.3 is 15.4 Å². The summed E-state index contributed by atoms with van der Waals surface area (Å²) >= 11 is 0. The molecule has 4 heteroatoms. The van der Waals surface area contributed by atoms with Crippen molar-refractivity contribution in [2.75, 3.05) is 6.61 Å². The second-order valence-corrected chi connectivity index (χ2v) is 5.56. The van der Waals surface area contributed by atoms with Crippen LogP contribution in [-0.2, 0) is 13.0 Å². The zero-order valence-corrected chi connectivity index (χ0v) is 11.3. The van der Waals surface area contributed by atoms with Crippen LogP contribution in [0.2, 0.25) is 0 Å². The molecule has 0 radical (unpaired) electrons. The number of aliphatic hydroxyl groups excluding tert-OH is 1. The lowest BCUT2D eigenvalue weighted by atomic mass is 9.86. The van der Waals surface area contributed by atoms with Crippen molar-refractivity contribution in [2.45, 2.75) is 57.5 Å². The first-order valence-corrected chi connectivity index (χ1v) is 7.09. The number of nitrogens with two attached hydrogens (primary N) is 1. The first kappa shape index (κ1) is 13.6. The predicted octanol–water partition coefficient (Wildman–Crippen LogP) is 1.72. The van der Waals surface area contributed by atoms with Gasteiger partial charge in [0, 0.05) is 30.9 Å². The molecule has 1 saturated carbocycles. The third kappa shape index (κ3) is 2.75. The van der Waals surface area contributed by atoms with Gasteiger partial charge in [-0.05, 0) is 31.6 Å². The largest absolute Gasteiger partial charge is 0.394 e. The number of aromatic nitrogens is 2. The van der Waals surface area contributed by atoms with Gasteiger partial charge in [0.2, 0.25) is 0 Å². The van der Waals surface area contributed by atoms with E-state index in [2.05, 4.69) is 22.7 Å². The van der Waals surface area contributed by atoms with Gasteiger partial charge in [0.1, 0.15) is 5.82 Å². The second kappa shape index (κ2) is 5.85. The Morgan fingerprint density at radius 2 is 2.44 bits per heavy atom. The van der Waals surface area contributed by atoms with E-state index in [0.717, 1.165) is 45.1 Å². The van der Waals surface area contributed by atoms with Crippen LogP contribution in [0.15, 0.2) is 12.4 Å². The Morgan fingerprint density at radius 3 is 3.17 bits per heavy atom. The van der Waals surface area contributed by atoms with Crippen LogP contribution in [0.4, 0.5) is 0 Å². The Labute approximate surface area is 109 Å². The molecular weight excluding hydrogens is 226 g/mol. The molecular formula is C14H25N3O. The molecule has 0 spiro atoms. The van der Waals surface area contributed by atoms with Crippen LogP contribution in [0.1, 0.15) is 44.9 Å². The molecule has 102 valence electrons. The van der Waals surface area contributed by atoms with E-state index in [1.54, 1.807) is 0 Å². The molecule has 4 nitrogen and oxygen atoms in total. The average Bonchev–Trinajstić information content (AvgIpc) is 2.95. The van der Waals surface area contributed by atoms with Gasteiger partial charge in [-0.3, -0.25) is 0 Å². The van der Waals surface area contributed by atoms with Crippen molar-refractivity contribution >= 4 is 0 Å². The maximum absolute atomic E-state index is 9.45. The number of aliphatic hydroxyl groups is 1. The van der Waals surface area contributed by atoms with Gasteiger partial charge in [-0.1, -0.05) is 13.3 Å². The highest BCUT2D eigenvalue weighted by Gasteiger charge is 2.38. The minimum atomic E-state index is -0.342. The summed E-state index contributed by atoms with van der Waals surface area (Å²) in [5.74, 6) is 1.61. The lowest BCUT2D eigenvalue weighted by Gasteiger charge is -2.29. The fourth-order valence-electron chi connectivity index (χ4n) is 3.10. The summed E-state index contributed by atoms with van der Waals surface area (Å²) in [6.07, 6.45) is 10.4. The van der Waals surface area contributed by atoms with Crippen LogP contribution in [0.3, 0.4) is 0 Å². The molecule has 0 aliphatic heterocycles. The van der Waals surface area contributed by atoms with E-state index < -0.39 is 0 Å². The first-order valence-electron chi connectivity index (χ1n) is 7.09. The summed E-state index contributed by atoms with van der Waals surface area (Å²) in [4.78, 5) is 4.39. The second-order valence-electron chi connectivity index (χ2n) is 5.56. The molecule has 1 aliphatic carbocycles. The van der Waals surface area contributed by atoms with Crippen molar-refractivity contribution in [1.29, 1.82) is 0 Å². The zero-order valence-electron chi connectivity index (χ0n) is 11.3. The van der Waals surface area contributed by atoms with Gasteiger partial charge in [0.05, 0.1) is 6.61 Å². The van der Waals surface area contributed by atoms with Crippen molar-refractivity contribution in [3.05, 3.63) is 18.2 Å². The molecule has 18 heavy (non-hydrogen) atoms. The van der Waals surface area contributed by atoms with Crippen LogP contribution in [0, 0.1) is 5.92 Å². The van der Waals surface area contributed by atoms with Crippen molar-refractivity contribution in [3.63, 3.8) is 0 Å². The van der Waals surface area contributed by atoms with Gasteiger partial charge in [-0.25, -0.2) is 4.98 Å². The summed E-state index contributed by atoms with van der Waals surface area (Å²) in [5, 5.41) is 9.45. The van der Waals surface area contributed by atoms with Crippen molar-refractivity contribution < 1.29 is 5.11 Å². The SMILES string of the molecule is CCCc1nccn1CCC1CCCC1(N)CO. The molecule has 3 N–H and O–H groups in total. The topological polar surface area (TPSA) is 64.1 Å². The van der Waals surface area contributed by atoms with Crippen molar-refractivity contribution in [3.8, 4) is 0 Å². The summed E-state index contributed by atoms with van der Waals surface area (Å²) in [5.41, 5.74) is 5.92. The molecule has 1 aromatic rings. The highest BCUT2D eigenvalue weighted by atomic mass is 16.3. The fourth-order valence-corrected chi connectivity index (χ4v) is 3.10. The van der Waals surface area contributed by atoms with E-state index in [1.807, 2.05) is 6.20 Å². The highest BCUT2D eigenvalue weighted by molar-refractivity contribution is 4.97. The number of hydrogen-bond donors (Lipinski definition) is 2. The highest BCUT2D eigenvalue weighted by Crippen LogP contribution is 2.36. The number of nitrogens with zero attached hydrogens (tertiary/aromatic N) is 2. The van der Waals surface area contributed by atoms with Crippen LogP contribution < -0.4 is 5.73 Å². The average molecular weight is 251 g/mol. The van der Waals surface area contributed by atoms with Crippen LogP contribution in [-0.4, -0.2) is 26.8 Å². The molecule has 0 aromatic carbocycles. The van der Waals surface area contributed by atoms with E-state index in [1.165, 1.54) is 5.82 Å². The van der Waals surface area contributed by atoms with E-state index >= 15 is 0 Å². The van der Waals surface area contributed by atoms with E-state index in [-0.39, 0.29) is 12.1 Å². The van der Waals surface area contributed by atoms with Gasteiger partial charge in [0.15, 0.2) is 0 Å². The summed E-state index contributed by atoms with van der Waals surface area (Å²) in [6.45, 7) is 3.26. The van der Waals surface area contributed by atoms with Crippen LogP contribution in [0.5, 0.6) is 0 Å². The zero-order chi connectivity index (χ0) is 13.0. The lowest BCUT2D eigenvalue weighted by molar-refractivity contribution is 0.152. The first-order chi connectivity index (χ1) is 8.69. The standard InChI is InChI=1S/C14H25N3O/c1-2-4-13-16-8-10-17(13)9-6-12-5-3-7-14(12,15)11-18/h8,10,12,18H,2-7,9,11,15H2,1H3. The third-order valence-electron chi connectivity index (χ3n) is 4.30. The lowest BCUT2D eigenvalue weighted by Crippen LogP contribution is -2.47. The van der Waals surface area contributed by atoms with E-state index in [0.29, 0.717) is 5.92 Å². The molecule has 1 heterocycles. The Morgan fingerprint density at radius 1 is 1.61 bits per heavy atom. The Balaban J connectivity index is 1.93. The number of imidazole rings is 1. The Hall–Kier alpha value is -0.870. The molecule has 2 rings (SSSR count). The van der Waals surface area contributed by atoms with E-state index in [9.17, 15) is 5.11 Å². The summed E-state index contributed by atoms with van der Waals surface area (Å²) in [7, 11) is 0. The monoisotopic (exact) mass is 251 g/mol. The van der Waals surface area contributed by atoms with Gasteiger partial charge >= 0.3 is 0 Å². The van der Waals surface area contributed by atoms with E-state index in [4.69, 9.17) is 5.73 Å². The number of rotatable bonds is 6. The minimum Gasteiger partial charge on any atom is -0.394 e. The predicted molar refractivity (Wildman–Crippen MR) is 72.2 cm³/mol. The molecule has 1 fully saturated rings. The van der Waals surface area contributed by atoms with Gasteiger partial charge in [-0.15, -0.1) is 0 Å². The molecule has 0 saturated heterocycles. The summed E-state index contributed by atoms with van der Waals surface area (Å²) < 4.78 is 2.24. The van der Waals surface area contributed by atoms with Gasteiger partial charge in [0.25, 0.3) is 0 Å². The smallest absolute Gasteiger partial charge is 0.108 e. The minimum absolute atomic E-state index is 0.114. The molecule has 1 aliphatic rings. The Kier molecular flexibility index (Phi) is 4.40. The molecule has 2 unspecified atom stereocenters. The quantitative estimate of drug-likeness (QED) is 0.809. The molecule has 2 atom stereocenters. The molecule has 0 bridgehead atoms. The van der Waals surface area contributed by atoms with Crippen LogP contribution in [0.25, 0.3) is 0 Å². The molecule has 1 aromatic heterocycles. The third-order valence-corrected chi connectivity index (χ3v) is 4.30. The molecule has 0 amide bonds. The van der Waals surface area contributed by atoms with Gasteiger partial charge in [-0.2, -0.15) is 0 Å². The normalized spacial score (nSPS) is 27.8. The van der Waals surface area contributed by atoms with Crippen molar-refractivity contribution in [2.24, 2.45) is 11.7 Å². The number of hydrogen-bond acceptors (Lipinski definition) is 3. The number of aryl methyl sites for hydroxylation is 2. The Bertz CT molecular complexity index is 377. The maximum Gasteiger partial charge on any atom is 0.108 e. The maximum atomic E-state index is 9.45.